The molecule has 0 unspecified atom stereocenters. The fourth-order valence-corrected chi connectivity index (χ4v) is 3.44. The van der Waals surface area contributed by atoms with E-state index in [4.69, 9.17) is 16.3 Å². The summed E-state index contributed by atoms with van der Waals surface area (Å²) >= 11 is 7.31. The third-order valence-corrected chi connectivity index (χ3v) is 5.06. The largest absolute Gasteiger partial charge is 0.484 e. The first-order valence-corrected chi connectivity index (χ1v) is 9.91. The van der Waals surface area contributed by atoms with E-state index >= 15 is 0 Å². The molecular formula is C19H18ClFN4O2S. The average molecular weight is 421 g/mol. The number of aromatic nitrogens is 3. The molecule has 0 saturated heterocycles. The van der Waals surface area contributed by atoms with Gasteiger partial charge in [-0.2, -0.15) is 0 Å². The van der Waals surface area contributed by atoms with E-state index in [-0.39, 0.29) is 24.0 Å². The maximum absolute atomic E-state index is 13.6. The summed E-state index contributed by atoms with van der Waals surface area (Å²) in [5.74, 6) is 0.469. The minimum absolute atomic E-state index is 0.0812. The first-order chi connectivity index (χ1) is 13.6. The molecule has 0 atom stereocenters. The van der Waals surface area contributed by atoms with Crippen LogP contribution in [0, 0.1) is 5.82 Å². The molecule has 0 aliphatic heterocycles. The van der Waals surface area contributed by atoms with Gasteiger partial charge in [0, 0.05) is 6.54 Å². The number of benzene rings is 2. The Balaban J connectivity index is 1.59. The van der Waals surface area contributed by atoms with E-state index in [0.717, 1.165) is 0 Å². The zero-order chi connectivity index (χ0) is 19.9. The van der Waals surface area contributed by atoms with Crippen LogP contribution in [0.3, 0.4) is 0 Å². The van der Waals surface area contributed by atoms with Crippen LogP contribution in [0.5, 0.6) is 5.75 Å². The molecular weight excluding hydrogens is 403 g/mol. The Hall–Kier alpha value is -2.58. The lowest BCUT2D eigenvalue weighted by Gasteiger charge is -2.10. The van der Waals surface area contributed by atoms with E-state index in [1.165, 1.54) is 23.9 Å². The molecule has 0 bridgehead atoms. The summed E-state index contributed by atoms with van der Waals surface area (Å²) < 4.78 is 21.2. The number of carbonyl (C=O) groups is 1. The molecule has 0 radical (unpaired) electrons. The molecule has 0 saturated carbocycles. The SMILES string of the molecule is CCn1c(COc2ccccc2Cl)nnc1SCC(=O)Nc1ccccc1F. The van der Waals surface area contributed by atoms with E-state index in [0.29, 0.717) is 28.3 Å². The first kappa shape index (κ1) is 20.2. The Kier molecular flexibility index (Phi) is 6.89. The Morgan fingerprint density at radius 2 is 1.96 bits per heavy atom. The number of nitrogens with zero attached hydrogens (tertiary/aromatic N) is 3. The molecule has 28 heavy (non-hydrogen) atoms. The molecule has 3 rings (SSSR count). The lowest BCUT2D eigenvalue weighted by atomic mass is 10.3. The Bertz CT molecular complexity index is 967. The Morgan fingerprint density at radius 1 is 1.21 bits per heavy atom. The van der Waals surface area contributed by atoms with Gasteiger partial charge in [0.25, 0.3) is 0 Å². The van der Waals surface area contributed by atoms with Crippen molar-refractivity contribution in [2.45, 2.75) is 25.2 Å². The summed E-state index contributed by atoms with van der Waals surface area (Å²) in [5, 5.41) is 11.9. The number of hydrogen-bond acceptors (Lipinski definition) is 5. The van der Waals surface area contributed by atoms with Gasteiger partial charge in [-0.1, -0.05) is 47.6 Å². The molecule has 1 aromatic heterocycles. The van der Waals surface area contributed by atoms with Crippen LogP contribution in [0.1, 0.15) is 12.7 Å². The highest BCUT2D eigenvalue weighted by Gasteiger charge is 2.15. The molecule has 0 spiro atoms. The van der Waals surface area contributed by atoms with Gasteiger partial charge in [-0.25, -0.2) is 4.39 Å². The number of ether oxygens (including phenoxy) is 1. The van der Waals surface area contributed by atoms with E-state index in [2.05, 4.69) is 15.5 Å². The molecule has 0 aliphatic rings. The summed E-state index contributed by atoms with van der Waals surface area (Å²) in [4.78, 5) is 12.1. The smallest absolute Gasteiger partial charge is 0.234 e. The fraction of sp³-hybridized carbons (Fsp3) is 0.211. The minimum atomic E-state index is -0.475. The third kappa shape index (κ3) is 5.02. The van der Waals surface area contributed by atoms with Crippen LogP contribution in [0.2, 0.25) is 5.02 Å². The van der Waals surface area contributed by atoms with Crippen LogP contribution in [0.25, 0.3) is 0 Å². The van der Waals surface area contributed by atoms with Gasteiger partial charge in [0.05, 0.1) is 16.5 Å². The second-order valence-corrected chi connectivity index (χ2v) is 7.03. The molecule has 0 aliphatic carbocycles. The second-order valence-electron chi connectivity index (χ2n) is 5.68. The number of rotatable bonds is 8. The molecule has 1 amide bonds. The standard InChI is InChI=1S/C19H18ClFN4O2S/c1-2-25-17(11-27-16-10-6-3-7-13(16)20)23-24-19(25)28-12-18(26)22-15-9-5-4-8-14(15)21/h3-10H,2,11-12H2,1H3,(H,22,26). The monoisotopic (exact) mass is 420 g/mol. The zero-order valence-electron chi connectivity index (χ0n) is 15.1. The van der Waals surface area contributed by atoms with Crippen molar-refractivity contribution in [1.82, 2.24) is 14.8 Å². The summed E-state index contributed by atoms with van der Waals surface area (Å²) in [6.45, 7) is 2.77. The van der Waals surface area contributed by atoms with Crippen LogP contribution in [-0.4, -0.2) is 26.4 Å². The predicted octanol–water partition coefficient (Wildman–Crippen LogP) is 4.40. The lowest BCUT2D eigenvalue weighted by Crippen LogP contribution is -2.15. The molecule has 9 heteroatoms. The van der Waals surface area contributed by atoms with E-state index in [1.807, 2.05) is 23.6 Å². The normalized spacial score (nSPS) is 10.7. The van der Waals surface area contributed by atoms with E-state index < -0.39 is 5.82 Å². The van der Waals surface area contributed by atoms with Crippen molar-refractivity contribution >= 4 is 35.0 Å². The third-order valence-electron chi connectivity index (χ3n) is 3.78. The van der Waals surface area contributed by atoms with Crippen LogP contribution in [0.4, 0.5) is 10.1 Å². The lowest BCUT2D eigenvalue weighted by molar-refractivity contribution is -0.113. The molecule has 3 aromatic rings. The van der Waals surface area contributed by atoms with Crippen molar-refractivity contribution in [2.75, 3.05) is 11.1 Å². The van der Waals surface area contributed by atoms with Gasteiger partial charge in [-0.05, 0) is 31.2 Å². The second kappa shape index (κ2) is 9.57. The molecule has 0 fully saturated rings. The van der Waals surface area contributed by atoms with Crippen molar-refractivity contribution in [2.24, 2.45) is 0 Å². The maximum atomic E-state index is 13.6. The van der Waals surface area contributed by atoms with Crippen LogP contribution < -0.4 is 10.1 Å². The predicted molar refractivity (Wildman–Crippen MR) is 107 cm³/mol. The van der Waals surface area contributed by atoms with Gasteiger partial charge in [-0.3, -0.25) is 4.79 Å². The summed E-state index contributed by atoms with van der Waals surface area (Å²) in [6.07, 6.45) is 0. The summed E-state index contributed by atoms with van der Waals surface area (Å²) in [7, 11) is 0. The number of amides is 1. The van der Waals surface area contributed by atoms with E-state index in [1.54, 1.807) is 24.3 Å². The van der Waals surface area contributed by atoms with Crippen LogP contribution in [0.15, 0.2) is 53.7 Å². The quantitative estimate of drug-likeness (QED) is 0.547. The van der Waals surface area contributed by atoms with E-state index in [9.17, 15) is 9.18 Å². The average Bonchev–Trinajstić information content (AvgIpc) is 3.09. The minimum Gasteiger partial charge on any atom is -0.484 e. The summed E-state index contributed by atoms with van der Waals surface area (Å²) in [5.41, 5.74) is 0.152. The number of carbonyl (C=O) groups excluding carboxylic acids is 1. The van der Waals surface area contributed by atoms with Crippen molar-refractivity contribution in [3.05, 3.63) is 65.2 Å². The number of nitrogens with one attached hydrogen (secondary N) is 1. The number of thioether (sulfide) groups is 1. The van der Waals surface area contributed by atoms with Crippen molar-refractivity contribution in [1.29, 1.82) is 0 Å². The molecule has 1 heterocycles. The Morgan fingerprint density at radius 3 is 2.71 bits per heavy atom. The van der Waals surface area contributed by atoms with Gasteiger partial charge < -0.3 is 14.6 Å². The van der Waals surface area contributed by atoms with Crippen LogP contribution >= 0.6 is 23.4 Å². The van der Waals surface area contributed by atoms with Crippen molar-refractivity contribution in [3.63, 3.8) is 0 Å². The number of hydrogen-bond donors (Lipinski definition) is 1. The maximum Gasteiger partial charge on any atom is 0.234 e. The van der Waals surface area contributed by atoms with Crippen molar-refractivity contribution in [3.8, 4) is 5.75 Å². The highest BCUT2D eigenvalue weighted by atomic mass is 35.5. The van der Waals surface area contributed by atoms with Crippen molar-refractivity contribution < 1.29 is 13.9 Å². The highest BCUT2D eigenvalue weighted by molar-refractivity contribution is 7.99. The van der Waals surface area contributed by atoms with Crippen LogP contribution in [-0.2, 0) is 17.9 Å². The van der Waals surface area contributed by atoms with Gasteiger partial charge in [0.2, 0.25) is 5.91 Å². The highest BCUT2D eigenvalue weighted by Crippen LogP contribution is 2.25. The molecule has 1 N–H and O–H groups in total. The van der Waals surface area contributed by atoms with Gasteiger partial charge in [0.15, 0.2) is 11.0 Å². The first-order valence-electron chi connectivity index (χ1n) is 8.55. The number of para-hydroxylation sites is 2. The van der Waals surface area contributed by atoms with Gasteiger partial charge >= 0.3 is 0 Å². The van der Waals surface area contributed by atoms with Gasteiger partial charge in [-0.15, -0.1) is 10.2 Å². The number of halogens is 2. The molecule has 2 aromatic carbocycles. The number of anilines is 1. The molecule has 6 nitrogen and oxygen atoms in total. The molecule has 146 valence electrons. The fourth-order valence-electron chi connectivity index (χ4n) is 2.43. The summed E-state index contributed by atoms with van der Waals surface area (Å²) in [6, 6.07) is 13.2. The topological polar surface area (TPSA) is 69.0 Å². The van der Waals surface area contributed by atoms with Gasteiger partial charge in [0.1, 0.15) is 18.2 Å². The Labute approximate surface area is 171 Å². The zero-order valence-corrected chi connectivity index (χ0v) is 16.6.